The summed E-state index contributed by atoms with van der Waals surface area (Å²) in [6.07, 6.45) is 2.12. The molecule has 0 unspecified atom stereocenters. The van der Waals surface area contributed by atoms with Crippen molar-refractivity contribution in [3.8, 4) is 11.6 Å². The Morgan fingerprint density at radius 1 is 0.795 bits per heavy atom. The van der Waals surface area contributed by atoms with Crippen LogP contribution < -0.4 is 21.1 Å². The Bertz CT molecular complexity index is 1800. The van der Waals surface area contributed by atoms with E-state index >= 15 is 0 Å². The number of aromatic nitrogens is 6. The van der Waals surface area contributed by atoms with Crippen LogP contribution in [0.4, 0.5) is 26.9 Å². The number of nitrogens with two attached hydrogens (primary N) is 1. The quantitative estimate of drug-likeness (QED) is 0.139. The van der Waals surface area contributed by atoms with Gasteiger partial charge in [0.25, 0.3) is 0 Å². The van der Waals surface area contributed by atoms with Gasteiger partial charge in [-0.05, 0) is 101 Å². The van der Waals surface area contributed by atoms with Crippen LogP contribution in [-0.2, 0) is 9.47 Å². The number of ether oxygens (including phenoxy) is 3. The highest BCUT2D eigenvalue weighted by molar-refractivity contribution is 14.1. The first kappa shape index (κ1) is 32.2. The molecule has 0 saturated carbocycles. The lowest BCUT2D eigenvalue weighted by Gasteiger charge is -2.19. The van der Waals surface area contributed by atoms with E-state index in [1.807, 2.05) is 31.2 Å². The first-order chi connectivity index (χ1) is 20.5. The molecule has 0 bridgehead atoms. The molecule has 4 heterocycles. The van der Waals surface area contributed by atoms with E-state index in [0.29, 0.717) is 40.2 Å². The topological polar surface area (TPSA) is 172 Å². The molecule has 14 nitrogen and oxygen atoms in total. The number of nitrogens with one attached hydrogen (secondary N) is 2. The fourth-order valence-corrected chi connectivity index (χ4v) is 3.93. The number of hydrogen-bond acceptors (Lipinski definition) is 10. The number of amides is 2. The zero-order chi connectivity index (χ0) is 32.2. The molecule has 0 aliphatic heterocycles. The number of rotatable bonds is 4. The second-order valence-electron chi connectivity index (χ2n) is 11.6. The first-order valence-corrected chi connectivity index (χ1v) is 14.5. The molecule has 44 heavy (non-hydrogen) atoms. The van der Waals surface area contributed by atoms with E-state index in [9.17, 15) is 9.59 Å². The van der Waals surface area contributed by atoms with Crippen molar-refractivity contribution in [1.82, 2.24) is 29.2 Å². The molecular weight excluding hydrogens is 681 g/mol. The Kier molecular flexibility index (Phi) is 9.46. The normalized spacial score (nSPS) is 11.5. The smallest absolute Gasteiger partial charge is 0.413 e. The van der Waals surface area contributed by atoms with Gasteiger partial charge in [0, 0.05) is 17.8 Å². The van der Waals surface area contributed by atoms with E-state index in [1.54, 1.807) is 76.7 Å². The van der Waals surface area contributed by atoms with Crippen molar-refractivity contribution in [1.29, 1.82) is 0 Å². The molecule has 0 saturated heterocycles. The van der Waals surface area contributed by atoms with E-state index in [1.165, 1.54) is 4.52 Å². The van der Waals surface area contributed by atoms with Gasteiger partial charge in [0.15, 0.2) is 22.9 Å². The summed E-state index contributed by atoms with van der Waals surface area (Å²) in [4.78, 5) is 31.9. The lowest BCUT2D eigenvalue weighted by atomic mass is 10.2. The predicted octanol–water partition coefficient (Wildman–Crippen LogP) is 6.44. The van der Waals surface area contributed by atoms with Gasteiger partial charge in [-0.15, -0.1) is 5.10 Å². The number of imidazole rings is 2. The van der Waals surface area contributed by atoms with E-state index in [2.05, 4.69) is 53.4 Å². The fourth-order valence-electron chi connectivity index (χ4n) is 3.52. The minimum Gasteiger partial charge on any atom is -0.444 e. The standard InChI is InChI=1S/C18H21N5O3.C11H13IN4O2/c1-11-5-6-12(9-13(11)19)25-16-8-7-15-20-14(10-23(15)22-16)21-17(24)26-18(2,3)4;1-11(2,3)18-10(17)14-8-6-16-9(13-8)5-4-7(12)15-16/h5-10H,19H2,1-4H3,(H,21,24);4-6H,1-3H3,(H,14,17). The van der Waals surface area contributed by atoms with Gasteiger partial charge in [-0.2, -0.15) is 5.10 Å². The predicted molar refractivity (Wildman–Crippen MR) is 174 cm³/mol. The molecule has 0 aliphatic carbocycles. The molecule has 5 rings (SSSR count). The summed E-state index contributed by atoms with van der Waals surface area (Å²) in [6, 6.07) is 12.5. The van der Waals surface area contributed by atoms with Crippen LogP contribution in [0.5, 0.6) is 11.6 Å². The number of nitrogen functional groups attached to an aromatic ring is 1. The molecule has 0 atom stereocenters. The summed E-state index contributed by atoms with van der Waals surface area (Å²) in [5.41, 5.74) is 7.63. The fraction of sp³-hybridized carbons (Fsp3) is 0.310. The maximum Gasteiger partial charge on any atom is 0.413 e. The lowest BCUT2D eigenvalue weighted by Crippen LogP contribution is -2.27. The summed E-state index contributed by atoms with van der Waals surface area (Å²) in [6.45, 7) is 12.7. The Balaban J connectivity index is 0.000000215. The van der Waals surface area contributed by atoms with Gasteiger partial charge in [0.2, 0.25) is 5.88 Å². The average molecular weight is 716 g/mol. The summed E-state index contributed by atoms with van der Waals surface area (Å²) in [5, 5.41) is 13.7. The maximum absolute atomic E-state index is 11.8. The second kappa shape index (κ2) is 12.9. The van der Waals surface area contributed by atoms with Crippen LogP contribution in [0.15, 0.2) is 54.9 Å². The largest absolute Gasteiger partial charge is 0.444 e. The molecule has 5 aromatic rings. The van der Waals surface area contributed by atoms with Crippen LogP contribution in [0.2, 0.25) is 0 Å². The van der Waals surface area contributed by atoms with Crippen molar-refractivity contribution in [3.05, 3.63) is 64.1 Å². The van der Waals surface area contributed by atoms with Crippen LogP contribution in [0.3, 0.4) is 0 Å². The minimum atomic E-state index is -0.585. The van der Waals surface area contributed by atoms with Crippen molar-refractivity contribution in [2.45, 2.75) is 59.7 Å². The molecule has 0 fully saturated rings. The van der Waals surface area contributed by atoms with E-state index < -0.39 is 23.4 Å². The zero-order valence-corrected chi connectivity index (χ0v) is 27.5. The zero-order valence-electron chi connectivity index (χ0n) is 25.4. The number of hydrogen-bond donors (Lipinski definition) is 3. The molecule has 15 heteroatoms. The summed E-state index contributed by atoms with van der Waals surface area (Å²) >= 11 is 2.11. The van der Waals surface area contributed by atoms with Gasteiger partial charge < -0.3 is 19.9 Å². The van der Waals surface area contributed by atoms with Crippen LogP contribution in [0, 0.1) is 10.6 Å². The van der Waals surface area contributed by atoms with Gasteiger partial charge in [-0.1, -0.05) is 6.07 Å². The molecule has 4 N–H and O–H groups in total. The highest BCUT2D eigenvalue weighted by Crippen LogP contribution is 2.24. The Morgan fingerprint density at radius 3 is 1.84 bits per heavy atom. The number of halogens is 1. The van der Waals surface area contributed by atoms with Crippen molar-refractivity contribution < 1.29 is 23.8 Å². The third-order valence-electron chi connectivity index (χ3n) is 5.31. The Hall–Kier alpha value is -4.67. The third kappa shape index (κ3) is 9.42. The Morgan fingerprint density at radius 2 is 1.32 bits per heavy atom. The van der Waals surface area contributed by atoms with Crippen LogP contribution in [0.25, 0.3) is 11.3 Å². The van der Waals surface area contributed by atoms with Crippen molar-refractivity contribution >= 4 is 63.4 Å². The number of carbonyl (C=O) groups is 2. The van der Waals surface area contributed by atoms with E-state index in [4.69, 9.17) is 19.9 Å². The number of aryl methyl sites for hydroxylation is 1. The number of nitrogens with zero attached hydrogens (tertiary/aromatic N) is 6. The van der Waals surface area contributed by atoms with Gasteiger partial charge in [-0.25, -0.2) is 28.6 Å². The average Bonchev–Trinajstić information content (AvgIpc) is 3.46. The summed E-state index contributed by atoms with van der Waals surface area (Å²) < 4.78 is 20.0. The highest BCUT2D eigenvalue weighted by atomic mass is 127. The summed E-state index contributed by atoms with van der Waals surface area (Å²) in [7, 11) is 0. The van der Waals surface area contributed by atoms with Gasteiger partial charge >= 0.3 is 12.2 Å². The van der Waals surface area contributed by atoms with Crippen molar-refractivity contribution in [2.75, 3.05) is 16.4 Å². The van der Waals surface area contributed by atoms with Crippen LogP contribution in [0.1, 0.15) is 47.1 Å². The van der Waals surface area contributed by atoms with Crippen LogP contribution >= 0.6 is 22.6 Å². The number of anilines is 3. The second-order valence-corrected chi connectivity index (χ2v) is 12.7. The van der Waals surface area contributed by atoms with Crippen molar-refractivity contribution in [2.24, 2.45) is 0 Å². The highest BCUT2D eigenvalue weighted by Gasteiger charge is 2.18. The van der Waals surface area contributed by atoms with E-state index in [0.717, 1.165) is 9.26 Å². The van der Waals surface area contributed by atoms with E-state index in [-0.39, 0.29) is 0 Å². The molecule has 0 spiro atoms. The monoisotopic (exact) mass is 715 g/mol. The van der Waals surface area contributed by atoms with Gasteiger partial charge in [0.1, 0.15) is 20.7 Å². The van der Waals surface area contributed by atoms with Crippen LogP contribution in [-0.4, -0.2) is 52.6 Å². The SMILES string of the molecule is CC(C)(C)OC(=O)Nc1cn2nc(I)ccc2n1.Cc1ccc(Oc2ccc3nc(NC(=O)OC(C)(C)C)cn3n2)cc1N. The maximum atomic E-state index is 11.8. The molecule has 0 radical (unpaired) electrons. The lowest BCUT2D eigenvalue weighted by molar-refractivity contribution is 0.0624. The van der Waals surface area contributed by atoms with Gasteiger partial charge in [-0.3, -0.25) is 10.6 Å². The molecular formula is C29H34IN9O5. The molecule has 4 aromatic heterocycles. The molecule has 232 valence electrons. The Labute approximate surface area is 267 Å². The third-order valence-corrected chi connectivity index (χ3v) is 5.89. The summed E-state index contributed by atoms with van der Waals surface area (Å²) in [5.74, 6) is 1.72. The molecule has 0 aliphatic rings. The number of fused-ring (bicyclic) bond motifs is 2. The van der Waals surface area contributed by atoms with Crippen molar-refractivity contribution in [3.63, 3.8) is 0 Å². The molecule has 2 amide bonds. The first-order valence-electron chi connectivity index (χ1n) is 13.5. The van der Waals surface area contributed by atoms with Gasteiger partial charge in [0.05, 0.1) is 12.4 Å². The number of carbonyl (C=O) groups excluding carboxylic acids is 2. The molecule has 1 aromatic carbocycles. The minimum absolute atomic E-state index is 0.337. The number of benzene rings is 1.